The Balaban J connectivity index is 2.06. The van der Waals surface area contributed by atoms with Crippen molar-refractivity contribution in [1.29, 1.82) is 0 Å². The van der Waals surface area contributed by atoms with Gasteiger partial charge in [-0.25, -0.2) is 4.98 Å². The maximum absolute atomic E-state index is 9.76. The van der Waals surface area contributed by atoms with Gasteiger partial charge in [0.05, 0.1) is 6.10 Å². The van der Waals surface area contributed by atoms with Gasteiger partial charge in [0.1, 0.15) is 5.52 Å². The molecule has 1 atom stereocenters. The largest absolute Gasteiger partial charge is 0.436 e. The van der Waals surface area contributed by atoms with E-state index in [-0.39, 0.29) is 0 Å². The molecule has 0 fully saturated rings. The number of pyridine rings is 2. The zero-order valence-electron chi connectivity index (χ0n) is 11.0. The van der Waals surface area contributed by atoms with Crippen LogP contribution in [0.15, 0.2) is 54.9 Å². The van der Waals surface area contributed by atoms with Gasteiger partial charge in [0.25, 0.3) is 0 Å². The van der Waals surface area contributed by atoms with Gasteiger partial charge >= 0.3 is 0 Å². The topological polar surface area (TPSA) is 55.2 Å². The average Bonchev–Trinajstić information content (AvgIpc) is 2.48. The summed E-state index contributed by atoms with van der Waals surface area (Å²) in [6.45, 7) is 1.69. The molecule has 3 rings (SSSR count). The van der Waals surface area contributed by atoms with Crippen molar-refractivity contribution in [2.75, 3.05) is 0 Å². The Bertz CT molecular complexity index is 736. The van der Waals surface area contributed by atoms with E-state index in [1.54, 1.807) is 31.5 Å². The zero-order chi connectivity index (χ0) is 13.9. The first-order chi connectivity index (χ1) is 9.75. The molecule has 0 unspecified atom stereocenters. The van der Waals surface area contributed by atoms with E-state index in [2.05, 4.69) is 9.97 Å². The molecule has 2 aromatic heterocycles. The summed E-state index contributed by atoms with van der Waals surface area (Å²) in [5, 5.41) is 10.8. The fourth-order valence-corrected chi connectivity index (χ4v) is 2.07. The van der Waals surface area contributed by atoms with Gasteiger partial charge in [0.15, 0.2) is 5.75 Å². The van der Waals surface area contributed by atoms with Gasteiger partial charge in [-0.2, -0.15) is 0 Å². The quantitative estimate of drug-likeness (QED) is 0.788. The molecule has 4 heteroatoms. The van der Waals surface area contributed by atoms with Crippen LogP contribution in [-0.2, 0) is 0 Å². The number of fused-ring (bicyclic) bond motifs is 1. The van der Waals surface area contributed by atoms with Crippen molar-refractivity contribution < 1.29 is 9.84 Å². The second kappa shape index (κ2) is 5.27. The predicted molar refractivity (Wildman–Crippen MR) is 76.7 cm³/mol. The maximum Gasteiger partial charge on any atom is 0.225 e. The van der Waals surface area contributed by atoms with E-state index in [1.807, 2.05) is 30.3 Å². The Morgan fingerprint density at radius 3 is 2.60 bits per heavy atom. The molecule has 0 aliphatic carbocycles. The van der Waals surface area contributed by atoms with Gasteiger partial charge in [-0.05, 0) is 31.2 Å². The summed E-state index contributed by atoms with van der Waals surface area (Å²) in [6.07, 6.45) is 2.73. The highest BCUT2D eigenvalue weighted by Crippen LogP contribution is 2.31. The van der Waals surface area contributed by atoms with Crippen molar-refractivity contribution in [2.24, 2.45) is 0 Å². The normalized spacial score (nSPS) is 12.3. The fourth-order valence-electron chi connectivity index (χ4n) is 2.07. The third-order valence-electron chi connectivity index (χ3n) is 3.05. The van der Waals surface area contributed by atoms with Crippen LogP contribution in [0, 0.1) is 0 Å². The third kappa shape index (κ3) is 2.33. The van der Waals surface area contributed by atoms with E-state index in [0.29, 0.717) is 17.2 Å². The maximum atomic E-state index is 9.76. The highest BCUT2D eigenvalue weighted by atomic mass is 16.5. The highest BCUT2D eigenvalue weighted by Gasteiger charge is 2.12. The molecule has 0 amide bonds. The van der Waals surface area contributed by atoms with Crippen LogP contribution in [-0.4, -0.2) is 15.1 Å². The van der Waals surface area contributed by atoms with Crippen LogP contribution >= 0.6 is 0 Å². The third-order valence-corrected chi connectivity index (χ3v) is 3.05. The minimum atomic E-state index is -0.637. The Kier molecular flexibility index (Phi) is 3.31. The number of hydrogen-bond donors (Lipinski definition) is 1. The average molecular weight is 266 g/mol. The zero-order valence-corrected chi connectivity index (χ0v) is 11.0. The van der Waals surface area contributed by atoms with Crippen LogP contribution in [0.2, 0.25) is 0 Å². The molecule has 0 saturated heterocycles. The monoisotopic (exact) mass is 266 g/mol. The molecular formula is C16H14N2O2. The van der Waals surface area contributed by atoms with Crippen molar-refractivity contribution >= 4 is 10.9 Å². The molecule has 20 heavy (non-hydrogen) atoms. The van der Waals surface area contributed by atoms with Crippen LogP contribution < -0.4 is 4.74 Å². The van der Waals surface area contributed by atoms with Crippen LogP contribution in [0.25, 0.3) is 10.9 Å². The Morgan fingerprint density at radius 2 is 1.75 bits per heavy atom. The summed E-state index contributed by atoms with van der Waals surface area (Å²) in [7, 11) is 0. The lowest BCUT2D eigenvalue weighted by Crippen LogP contribution is -1.98. The first-order valence-electron chi connectivity index (χ1n) is 6.40. The molecule has 1 aromatic carbocycles. The van der Waals surface area contributed by atoms with E-state index >= 15 is 0 Å². The van der Waals surface area contributed by atoms with Crippen LogP contribution in [0.4, 0.5) is 0 Å². The van der Waals surface area contributed by atoms with Gasteiger partial charge in [-0.3, -0.25) is 4.98 Å². The van der Waals surface area contributed by atoms with Gasteiger partial charge in [0.2, 0.25) is 5.88 Å². The smallest absolute Gasteiger partial charge is 0.225 e. The summed E-state index contributed by atoms with van der Waals surface area (Å²) >= 11 is 0. The summed E-state index contributed by atoms with van der Waals surface area (Å²) in [5.41, 5.74) is 1.43. The van der Waals surface area contributed by atoms with E-state index in [0.717, 1.165) is 10.9 Å². The van der Waals surface area contributed by atoms with Gasteiger partial charge in [0, 0.05) is 23.3 Å². The molecular weight excluding hydrogens is 252 g/mol. The SMILES string of the molecule is C[C@@H](O)c1cccnc1Oc1cccc2cccnc12. The van der Waals surface area contributed by atoms with Crippen molar-refractivity contribution in [3.05, 3.63) is 60.4 Å². The molecule has 1 N–H and O–H groups in total. The fraction of sp³-hybridized carbons (Fsp3) is 0.125. The van der Waals surface area contributed by atoms with E-state index in [1.165, 1.54) is 0 Å². The Morgan fingerprint density at radius 1 is 1.00 bits per heavy atom. The van der Waals surface area contributed by atoms with Crippen molar-refractivity contribution in [3.63, 3.8) is 0 Å². The number of aromatic nitrogens is 2. The highest BCUT2D eigenvalue weighted by molar-refractivity contribution is 5.84. The number of aliphatic hydroxyl groups is 1. The van der Waals surface area contributed by atoms with Gasteiger partial charge in [-0.1, -0.05) is 18.2 Å². The summed E-state index contributed by atoms with van der Waals surface area (Å²) in [6, 6.07) is 13.2. The van der Waals surface area contributed by atoms with Crippen LogP contribution in [0.3, 0.4) is 0 Å². The van der Waals surface area contributed by atoms with E-state index < -0.39 is 6.10 Å². The standard InChI is InChI=1S/C16H14N2O2/c1-11(19)13-7-4-10-18-16(13)20-14-8-2-5-12-6-3-9-17-15(12)14/h2-11,19H,1H3/t11-/m1/s1. The number of benzene rings is 1. The van der Waals surface area contributed by atoms with Crippen molar-refractivity contribution in [2.45, 2.75) is 13.0 Å². The molecule has 2 heterocycles. The molecule has 0 aliphatic heterocycles. The number of para-hydroxylation sites is 1. The second-order valence-electron chi connectivity index (χ2n) is 4.51. The molecule has 0 spiro atoms. The van der Waals surface area contributed by atoms with E-state index in [9.17, 15) is 5.11 Å². The van der Waals surface area contributed by atoms with Crippen molar-refractivity contribution in [1.82, 2.24) is 9.97 Å². The number of hydrogen-bond acceptors (Lipinski definition) is 4. The minimum absolute atomic E-state index is 0.403. The summed E-state index contributed by atoms with van der Waals surface area (Å²) in [4.78, 5) is 8.53. The summed E-state index contributed by atoms with van der Waals surface area (Å²) in [5.74, 6) is 1.03. The van der Waals surface area contributed by atoms with Crippen molar-refractivity contribution in [3.8, 4) is 11.6 Å². The molecule has 0 bridgehead atoms. The lowest BCUT2D eigenvalue weighted by molar-refractivity contribution is 0.194. The minimum Gasteiger partial charge on any atom is -0.436 e. The molecule has 4 nitrogen and oxygen atoms in total. The molecule has 0 aliphatic rings. The lowest BCUT2D eigenvalue weighted by Gasteiger charge is -2.12. The Hall–Kier alpha value is -2.46. The number of ether oxygens (including phenoxy) is 1. The number of rotatable bonds is 3. The molecule has 0 radical (unpaired) electrons. The molecule has 3 aromatic rings. The second-order valence-corrected chi connectivity index (χ2v) is 4.51. The lowest BCUT2D eigenvalue weighted by atomic mass is 10.2. The predicted octanol–water partition coefficient (Wildman–Crippen LogP) is 3.48. The summed E-state index contributed by atoms with van der Waals surface area (Å²) < 4.78 is 5.85. The molecule has 100 valence electrons. The van der Waals surface area contributed by atoms with Crippen LogP contribution in [0.5, 0.6) is 11.6 Å². The first kappa shape index (κ1) is 12.6. The first-order valence-corrected chi connectivity index (χ1v) is 6.40. The Labute approximate surface area is 116 Å². The van der Waals surface area contributed by atoms with E-state index in [4.69, 9.17) is 4.74 Å². The van der Waals surface area contributed by atoms with Gasteiger partial charge in [-0.15, -0.1) is 0 Å². The van der Waals surface area contributed by atoms with Gasteiger partial charge < -0.3 is 9.84 Å². The number of nitrogens with zero attached hydrogens (tertiary/aromatic N) is 2. The van der Waals surface area contributed by atoms with Crippen LogP contribution in [0.1, 0.15) is 18.6 Å². The number of aliphatic hydroxyl groups excluding tert-OH is 1. The molecule has 0 saturated carbocycles.